The summed E-state index contributed by atoms with van der Waals surface area (Å²) in [6.07, 6.45) is 5.80. The molecule has 0 fully saturated rings. The van der Waals surface area contributed by atoms with Gasteiger partial charge < -0.3 is 10.3 Å². The van der Waals surface area contributed by atoms with Crippen LogP contribution in [0.5, 0.6) is 0 Å². The maximum atomic E-state index is 12.4. The minimum absolute atomic E-state index is 0.00821. The summed E-state index contributed by atoms with van der Waals surface area (Å²) in [5.74, 6) is 2.17. The number of nitrogens with zero attached hydrogens (tertiary/aromatic N) is 1. The Bertz CT molecular complexity index is 812. The van der Waals surface area contributed by atoms with Gasteiger partial charge >= 0.3 is 0 Å². The zero-order valence-electron chi connectivity index (χ0n) is 14.8. The second-order valence-corrected chi connectivity index (χ2v) is 8.80. The second kappa shape index (κ2) is 8.36. The van der Waals surface area contributed by atoms with E-state index in [9.17, 15) is 9.59 Å². The molecule has 0 aromatic carbocycles. The number of hydrogen-bond acceptors (Lipinski definition) is 5. The van der Waals surface area contributed by atoms with E-state index in [1.54, 1.807) is 23.1 Å². The van der Waals surface area contributed by atoms with Crippen LogP contribution in [0.15, 0.2) is 4.79 Å². The summed E-state index contributed by atoms with van der Waals surface area (Å²) < 4.78 is 0. The van der Waals surface area contributed by atoms with Gasteiger partial charge in [-0.2, -0.15) is 11.8 Å². The molecule has 25 heavy (non-hydrogen) atoms. The van der Waals surface area contributed by atoms with E-state index in [1.165, 1.54) is 10.4 Å². The number of nitrogens with one attached hydrogen (secondary N) is 2. The molecule has 2 N–H and O–H groups in total. The minimum atomic E-state index is -0.00821. The van der Waals surface area contributed by atoms with Gasteiger partial charge in [0.25, 0.3) is 5.56 Å². The summed E-state index contributed by atoms with van der Waals surface area (Å²) in [5, 5.41) is 3.81. The molecule has 0 spiro atoms. The van der Waals surface area contributed by atoms with Gasteiger partial charge in [0.1, 0.15) is 10.7 Å². The van der Waals surface area contributed by atoms with E-state index < -0.39 is 0 Å². The number of H-pyrrole nitrogens is 1. The second-order valence-electron chi connectivity index (χ2n) is 6.61. The van der Waals surface area contributed by atoms with E-state index in [1.807, 2.05) is 6.92 Å². The number of thiophene rings is 1. The Morgan fingerprint density at radius 3 is 3.08 bits per heavy atom. The van der Waals surface area contributed by atoms with Crippen molar-refractivity contribution in [2.45, 2.75) is 64.2 Å². The van der Waals surface area contributed by atoms with E-state index in [-0.39, 0.29) is 17.5 Å². The quantitative estimate of drug-likeness (QED) is 0.689. The summed E-state index contributed by atoms with van der Waals surface area (Å²) in [7, 11) is 0. The number of carbonyl (C=O) groups is 1. The lowest BCUT2D eigenvalue weighted by molar-refractivity contribution is -0.121. The van der Waals surface area contributed by atoms with Gasteiger partial charge in [-0.15, -0.1) is 11.3 Å². The van der Waals surface area contributed by atoms with Crippen molar-refractivity contribution in [3.63, 3.8) is 0 Å². The first-order valence-corrected chi connectivity index (χ1v) is 11.0. The summed E-state index contributed by atoms with van der Waals surface area (Å²) >= 11 is 3.30. The Morgan fingerprint density at radius 1 is 1.44 bits per heavy atom. The Hall–Kier alpha value is -1.34. The molecule has 0 saturated heterocycles. The minimum Gasteiger partial charge on any atom is -0.354 e. The number of aromatic nitrogens is 2. The van der Waals surface area contributed by atoms with Gasteiger partial charge in [0.15, 0.2) is 0 Å². The number of fused-ring (bicyclic) bond motifs is 3. The zero-order chi connectivity index (χ0) is 17.8. The first-order chi connectivity index (χ1) is 12.1. The third-order valence-corrected chi connectivity index (χ3v) is 6.62. The third kappa shape index (κ3) is 4.44. The van der Waals surface area contributed by atoms with Crippen molar-refractivity contribution in [3.05, 3.63) is 26.6 Å². The van der Waals surface area contributed by atoms with Crippen molar-refractivity contribution in [2.75, 3.05) is 5.75 Å². The lowest BCUT2D eigenvalue weighted by Gasteiger charge is -2.12. The average molecular weight is 380 g/mol. The van der Waals surface area contributed by atoms with Gasteiger partial charge in [0.05, 0.1) is 11.1 Å². The van der Waals surface area contributed by atoms with Crippen LogP contribution in [0.3, 0.4) is 0 Å². The molecule has 5 nitrogen and oxygen atoms in total. The van der Waals surface area contributed by atoms with Crippen LogP contribution in [-0.2, 0) is 23.4 Å². The molecule has 0 bridgehead atoms. The van der Waals surface area contributed by atoms with E-state index >= 15 is 0 Å². The molecular weight excluding hydrogens is 354 g/mol. The summed E-state index contributed by atoms with van der Waals surface area (Å²) in [5.41, 5.74) is 1.21. The van der Waals surface area contributed by atoms with Crippen molar-refractivity contribution in [1.82, 2.24) is 15.3 Å². The van der Waals surface area contributed by atoms with Crippen LogP contribution in [0.25, 0.3) is 10.2 Å². The SMILES string of the molecule is CCC[C@H](C)NC(=O)CCSCc1nc2sc3c(c2c(=O)[nH]1)CCC3. The highest BCUT2D eigenvalue weighted by molar-refractivity contribution is 7.98. The van der Waals surface area contributed by atoms with E-state index in [0.717, 1.165) is 48.1 Å². The smallest absolute Gasteiger partial charge is 0.259 e. The zero-order valence-corrected chi connectivity index (χ0v) is 16.4. The number of amides is 1. The fourth-order valence-corrected chi connectivity index (χ4v) is 5.39. The first kappa shape index (κ1) is 18.5. The van der Waals surface area contributed by atoms with Crippen LogP contribution in [0, 0.1) is 0 Å². The van der Waals surface area contributed by atoms with Crippen molar-refractivity contribution >= 4 is 39.2 Å². The molecule has 0 unspecified atom stereocenters. The fraction of sp³-hybridized carbons (Fsp3) is 0.611. The molecule has 2 aromatic heterocycles. The highest BCUT2D eigenvalue weighted by Crippen LogP contribution is 2.34. The van der Waals surface area contributed by atoms with Gasteiger partial charge in [-0.3, -0.25) is 9.59 Å². The molecule has 0 saturated carbocycles. The number of carbonyl (C=O) groups excluding carboxylic acids is 1. The lowest BCUT2D eigenvalue weighted by atomic mass is 10.2. The van der Waals surface area contributed by atoms with E-state index in [4.69, 9.17) is 0 Å². The maximum Gasteiger partial charge on any atom is 0.259 e. The standard InChI is InChI=1S/C18H25N3O2S2/c1-3-5-11(2)19-15(22)8-9-24-10-14-20-17(23)16-12-6-4-7-13(12)25-18(16)21-14/h11H,3-10H2,1-2H3,(H,19,22)(H,20,21,23)/t11-/m0/s1. The molecule has 7 heteroatoms. The van der Waals surface area contributed by atoms with Crippen molar-refractivity contribution < 1.29 is 4.79 Å². The van der Waals surface area contributed by atoms with E-state index in [2.05, 4.69) is 22.2 Å². The Balaban J connectivity index is 1.52. The van der Waals surface area contributed by atoms with Gasteiger partial charge in [-0.25, -0.2) is 4.98 Å². The molecule has 1 amide bonds. The Labute approximate surface area is 156 Å². The number of hydrogen-bond donors (Lipinski definition) is 2. The molecule has 0 aliphatic heterocycles. The van der Waals surface area contributed by atoms with Crippen molar-refractivity contribution in [2.24, 2.45) is 0 Å². The first-order valence-electron chi connectivity index (χ1n) is 8.99. The summed E-state index contributed by atoms with van der Waals surface area (Å²) in [6, 6.07) is 0.240. The molecule has 2 heterocycles. The van der Waals surface area contributed by atoms with Gasteiger partial charge in [0.2, 0.25) is 5.91 Å². The molecule has 1 atom stereocenters. The van der Waals surface area contributed by atoms with E-state index in [0.29, 0.717) is 18.0 Å². The topological polar surface area (TPSA) is 74.8 Å². The van der Waals surface area contributed by atoms with Gasteiger partial charge in [-0.1, -0.05) is 13.3 Å². The molecule has 136 valence electrons. The largest absolute Gasteiger partial charge is 0.354 e. The molecule has 2 aromatic rings. The van der Waals surface area contributed by atoms with Gasteiger partial charge in [-0.05, 0) is 38.2 Å². The normalized spacial score (nSPS) is 14.6. The number of thioether (sulfide) groups is 1. The Morgan fingerprint density at radius 2 is 2.28 bits per heavy atom. The number of rotatable bonds is 8. The summed E-state index contributed by atoms with van der Waals surface area (Å²) in [6.45, 7) is 4.15. The number of aromatic amines is 1. The summed E-state index contributed by atoms with van der Waals surface area (Å²) in [4.78, 5) is 34.0. The predicted molar refractivity (Wildman–Crippen MR) is 106 cm³/mol. The molecule has 1 aliphatic rings. The molecule has 0 radical (unpaired) electrons. The monoisotopic (exact) mass is 379 g/mol. The van der Waals surface area contributed by atoms with Crippen LogP contribution in [-0.4, -0.2) is 27.7 Å². The van der Waals surface area contributed by atoms with Crippen LogP contribution in [0.1, 0.15) is 55.8 Å². The Kier molecular flexibility index (Phi) is 6.17. The fourth-order valence-electron chi connectivity index (χ4n) is 3.30. The van der Waals surface area contributed by atoms with Gasteiger partial charge in [0, 0.05) is 23.1 Å². The van der Waals surface area contributed by atoms with Crippen molar-refractivity contribution in [3.8, 4) is 0 Å². The van der Waals surface area contributed by atoms with Crippen LogP contribution in [0.4, 0.5) is 0 Å². The highest BCUT2D eigenvalue weighted by Gasteiger charge is 2.21. The van der Waals surface area contributed by atoms with Crippen molar-refractivity contribution in [1.29, 1.82) is 0 Å². The third-order valence-electron chi connectivity index (χ3n) is 4.47. The molecule has 1 aliphatic carbocycles. The van der Waals surface area contributed by atoms with Crippen LogP contribution >= 0.6 is 23.1 Å². The maximum absolute atomic E-state index is 12.4. The molecule has 3 rings (SSSR count). The molecular formula is C18H25N3O2S2. The lowest BCUT2D eigenvalue weighted by Crippen LogP contribution is -2.32. The number of aryl methyl sites for hydroxylation is 2. The van der Waals surface area contributed by atoms with Crippen LogP contribution < -0.4 is 10.9 Å². The highest BCUT2D eigenvalue weighted by atomic mass is 32.2. The average Bonchev–Trinajstić information content (AvgIpc) is 3.12. The predicted octanol–water partition coefficient (Wildman–Crippen LogP) is 3.40. The van der Waals surface area contributed by atoms with Crippen LogP contribution in [0.2, 0.25) is 0 Å².